The van der Waals surface area contributed by atoms with Gasteiger partial charge < -0.3 is 10.7 Å². The van der Waals surface area contributed by atoms with E-state index in [2.05, 4.69) is 16.9 Å². The number of nitrogens with one attached hydrogen (secondary N) is 1. The Bertz CT molecular complexity index is 289. The van der Waals surface area contributed by atoms with E-state index in [9.17, 15) is 0 Å². The number of hydrogen-bond donors (Lipinski definition) is 2. The van der Waals surface area contributed by atoms with Crippen LogP contribution >= 0.6 is 11.8 Å². The smallest absolute Gasteiger partial charge is 0.113 e. The molecule has 0 radical (unpaired) electrons. The molecule has 1 atom stereocenters. The first-order valence-electron chi connectivity index (χ1n) is 4.57. The Morgan fingerprint density at radius 1 is 1.77 bits per heavy atom. The first-order valence-corrected chi connectivity index (χ1v) is 5.72. The minimum absolute atomic E-state index is 0.248. The molecule has 1 aromatic heterocycles. The summed E-state index contributed by atoms with van der Waals surface area (Å²) in [5.74, 6) is 3.53. The van der Waals surface area contributed by atoms with E-state index in [0.717, 1.165) is 11.5 Å². The number of H-pyrrole nitrogens is 1. The normalized spacial score (nSPS) is 28.2. The van der Waals surface area contributed by atoms with E-state index in [1.807, 2.05) is 18.0 Å². The van der Waals surface area contributed by atoms with Gasteiger partial charge in [0.1, 0.15) is 5.82 Å². The molecule has 72 valence electrons. The van der Waals surface area contributed by atoms with Gasteiger partial charge in [0.2, 0.25) is 0 Å². The summed E-state index contributed by atoms with van der Waals surface area (Å²) in [7, 11) is 0. The lowest BCUT2D eigenvalue weighted by Gasteiger charge is -2.19. The predicted octanol–water partition coefficient (Wildman–Crippen LogP) is 1.26. The van der Waals surface area contributed by atoms with E-state index in [1.54, 1.807) is 0 Å². The molecular formula is C9H15N3S. The summed E-state index contributed by atoms with van der Waals surface area (Å²) < 4.78 is 0. The lowest BCUT2D eigenvalue weighted by molar-refractivity contribution is 0.508. The zero-order chi connectivity index (χ0) is 9.31. The zero-order valence-corrected chi connectivity index (χ0v) is 8.66. The van der Waals surface area contributed by atoms with Gasteiger partial charge in [0.15, 0.2) is 0 Å². The molecule has 4 heteroatoms. The molecule has 2 rings (SSSR count). The van der Waals surface area contributed by atoms with Crippen LogP contribution in [0.1, 0.15) is 24.9 Å². The van der Waals surface area contributed by atoms with Crippen LogP contribution in [0, 0.1) is 0 Å². The quantitative estimate of drug-likeness (QED) is 0.750. The van der Waals surface area contributed by atoms with Crippen LogP contribution < -0.4 is 5.73 Å². The molecule has 0 amide bonds. The first kappa shape index (κ1) is 9.09. The number of aromatic amines is 1. The number of imidazole rings is 1. The number of aromatic nitrogens is 2. The summed E-state index contributed by atoms with van der Waals surface area (Å²) in [6, 6.07) is 0. The van der Waals surface area contributed by atoms with Crippen LogP contribution in [0.3, 0.4) is 0 Å². The molecule has 3 nitrogen and oxygen atoms in total. The fourth-order valence-corrected chi connectivity index (χ4v) is 3.09. The molecule has 1 aromatic rings. The molecule has 0 spiro atoms. The molecule has 1 saturated heterocycles. The van der Waals surface area contributed by atoms with Gasteiger partial charge in [0.05, 0.1) is 0 Å². The van der Waals surface area contributed by atoms with Crippen LogP contribution in [0.5, 0.6) is 0 Å². The highest BCUT2D eigenvalue weighted by atomic mass is 32.2. The van der Waals surface area contributed by atoms with Crippen LogP contribution in [0.4, 0.5) is 0 Å². The molecule has 0 bridgehead atoms. The fraction of sp³-hybridized carbons (Fsp3) is 0.667. The van der Waals surface area contributed by atoms with Gasteiger partial charge in [0, 0.05) is 29.6 Å². The van der Waals surface area contributed by atoms with Gasteiger partial charge in [-0.15, -0.1) is 0 Å². The summed E-state index contributed by atoms with van der Waals surface area (Å²) >= 11 is 2.00. The van der Waals surface area contributed by atoms with Gasteiger partial charge in [-0.2, -0.15) is 11.8 Å². The predicted molar refractivity (Wildman–Crippen MR) is 55.8 cm³/mol. The summed E-state index contributed by atoms with van der Waals surface area (Å²) in [5, 5.41) is 0. The monoisotopic (exact) mass is 197 g/mol. The van der Waals surface area contributed by atoms with E-state index in [0.29, 0.717) is 6.54 Å². The maximum atomic E-state index is 5.53. The van der Waals surface area contributed by atoms with Crippen molar-refractivity contribution in [3.8, 4) is 0 Å². The van der Waals surface area contributed by atoms with Crippen molar-refractivity contribution in [2.75, 3.05) is 11.5 Å². The van der Waals surface area contributed by atoms with Gasteiger partial charge in [-0.25, -0.2) is 4.98 Å². The minimum Gasteiger partial charge on any atom is -0.344 e. The number of rotatable bonds is 2. The summed E-state index contributed by atoms with van der Waals surface area (Å²) in [6.07, 6.45) is 3.07. The van der Waals surface area contributed by atoms with E-state index >= 15 is 0 Å². The van der Waals surface area contributed by atoms with Crippen molar-refractivity contribution in [2.24, 2.45) is 5.73 Å². The number of nitrogens with two attached hydrogens (primary N) is 1. The van der Waals surface area contributed by atoms with Crippen molar-refractivity contribution in [1.82, 2.24) is 9.97 Å². The molecule has 13 heavy (non-hydrogen) atoms. The summed E-state index contributed by atoms with van der Waals surface area (Å²) in [6.45, 7) is 2.82. The SMILES string of the molecule is CC1(c2ncc(CN)[nH]2)CCSC1. The van der Waals surface area contributed by atoms with E-state index in [-0.39, 0.29) is 5.41 Å². The Hall–Kier alpha value is -0.480. The summed E-state index contributed by atoms with van der Waals surface area (Å²) in [5.41, 5.74) is 6.81. The average molecular weight is 197 g/mol. The first-order chi connectivity index (χ1) is 6.24. The third kappa shape index (κ3) is 1.60. The van der Waals surface area contributed by atoms with Crippen molar-refractivity contribution < 1.29 is 0 Å². The second kappa shape index (κ2) is 3.35. The van der Waals surface area contributed by atoms with Crippen LogP contribution in [0.15, 0.2) is 6.20 Å². The van der Waals surface area contributed by atoms with Crippen molar-refractivity contribution in [3.63, 3.8) is 0 Å². The molecule has 3 N–H and O–H groups in total. The van der Waals surface area contributed by atoms with Crippen molar-refractivity contribution in [3.05, 3.63) is 17.7 Å². The van der Waals surface area contributed by atoms with Gasteiger partial charge >= 0.3 is 0 Å². The van der Waals surface area contributed by atoms with Crippen LogP contribution in [0.25, 0.3) is 0 Å². The van der Waals surface area contributed by atoms with Crippen molar-refractivity contribution in [2.45, 2.75) is 25.3 Å². The van der Waals surface area contributed by atoms with Gasteiger partial charge in [0.25, 0.3) is 0 Å². The molecule has 1 aliphatic rings. The van der Waals surface area contributed by atoms with Crippen LogP contribution in [0.2, 0.25) is 0 Å². The largest absolute Gasteiger partial charge is 0.344 e. The summed E-state index contributed by atoms with van der Waals surface area (Å²) in [4.78, 5) is 7.69. The van der Waals surface area contributed by atoms with Gasteiger partial charge in [-0.1, -0.05) is 6.92 Å². The van der Waals surface area contributed by atoms with Gasteiger partial charge in [-0.05, 0) is 12.2 Å². The molecule has 0 aliphatic carbocycles. The molecule has 1 fully saturated rings. The van der Waals surface area contributed by atoms with E-state index in [4.69, 9.17) is 5.73 Å². The highest BCUT2D eigenvalue weighted by molar-refractivity contribution is 7.99. The Labute approximate surface area is 82.5 Å². The van der Waals surface area contributed by atoms with Gasteiger partial charge in [-0.3, -0.25) is 0 Å². The molecule has 0 saturated carbocycles. The standard InChI is InChI=1S/C9H15N3S/c1-9(2-3-13-6-9)8-11-5-7(4-10)12-8/h5H,2-4,6,10H2,1H3,(H,11,12). The fourth-order valence-electron chi connectivity index (χ4n) is 1.62. The number of nitrogens with zero attached hydrogens (tertiary/aromatic N) is 1. The lowest BCUT2D eigenvalue weighted by atomic mass is 9.89. The number of hydrogen-bond acceptors (Lipinski definition) is 3. The Kier molecular flexibility index (Phi) is 2.34. The topological polar surface area (TPSA) is 54.7 Å². The second-order valence-corrected chi connectivity index (χ2v) is 4.93. The highest BCUT2D eigenvalue weighted by Crippen LogP contribution is 2.36. The Morgan fingerprint density at radius 3 is 3.15 bits per heavy atom. The van der Waals surface area contributed by atoms with Crippen LogP contribution in [-0.4, -0.2) is 21.5 Å². The van der Waals surface area contributed by atoms with Crippen molar-refractivity contribution in [1.29, 1.82) is 0 Å². The average Bonchev–Trinajstić information content (AvgIpc) is 2.72. The zero-order valence-electron chi connectivity index (χ0n) is 7.84. The molecule has 1 aliphatic heterocycles. The Morgan fingerprint density at radius 2 is 2.62 bits per heavy atom. The lowest BCUT2D eigenvalue weighted by Crippen LogP contribution is -2.22. The van der Waals surface area contributed by atoms with E-state index in [1.165, 1.54) is 17.9 Å². The molecule has 1 unspecified atom stereocenters. The Balaban J connectivity index is 2.23. The maximum Gasteiger partial charge on any atom is 0.113 e. The second-order valence-electron chi connectivity index (χ2n) is 3.82. The minimum atomic E-state index is 0.248. The van der Waals surface area contributed by atoms with E-state index < -0.39 is 0 Å². The maximum absolute atomic E-state index is 5.53. The molecule has 2 heterocycles. The number of thioether (sulfide) groups is 1. The highest BCUT2D eigenvalue weighted by Gasteiger charge is 2.33. The van der Waals surface area contributed by atoms with Crippen molar-refractivity contribution >= 4 is 11.8 Å². The van der Waals surface area contributed by atoms with Crippen LogP contribution in [-0.2, 0) is 12.0 Å². The molecular weight excluding hydrogens is 182 g/mol. The molecule has 0 aromatic carbocycles. The third-order valence-electron chi connectivity index (χ3n) is 2.64. The third-order valence-corrected chi connectivity index (χ3v) is 3.97.